The molecule has 146 valence electrons. The van der Waals surface area contributed by atoms with Crippen LogP contribution in [0.1, 0.15) is 13.3 Å². The number of nitrogens with one attached hydrogen (secondary N) is 1. The van der Waals surface area contributed by atoms with Crippen molar-refractivity contribution < 1.29 is 13.2 Å². The third kappa shape index (κ3) is 4.82. The minimum absolute atomic E-state index is 0.118. The Morgan fingerprint density at radius 1 is 1.30 bits per heavy atom. The lowest BCUT2D eigenvalue weighted by Crippen LogP contribution is -2.34. The Kier molecular flexibility index (Phi) is 6.10. The predicted molar refractivity (Wildman–Crippen MR) is 110 cm³/mol. The van der Waals surface area contributed by atoms with Crippen molar-refractivity contribution in [3.63, 3.8) is 0 Å². The number of amides is 1. The maximum absolute atomic E-state index is 12.4. The summed E-state index contributed by atoms with van der Waals surface area (Å²) >= 11 is 6.77. The smallest absolute Gasteiger partial charge is 0.252 e. The Morgan fingerprint density at radius 3 is 2.56 bits per heavy atom. The van der Waals surface area contributed by atoms with E-state index >= 15 is 0 Å². The second kappa shape index (κ2) is 8.18. The number of carbonyl (C=O) groups excluding carboxylic acids is 1. The fourth-order valence-electron chi connectivity index (χ4n) is 3.00. The summed E-state index contributed by atoms with van der Waals surface area (Å²) in [6.45, 7) is 4.05. The number of anilines is 2. The highest BCUT2D eigenvalue weighted by Gasteiger charge is 2.25. The van der Waals surface area contributed by atoms with Crippen LogP contribution in [-0.4, -0.2) is 45.3 Å². The normalized spacial score (nSPS) is 17.5. The first-order valence-corrected chi connectivity index (χ1v) is 11.3. The summed E-state index contributed by atoms with van der Waals surface area (Å²) in [6, 6.07) is 10.6. The summed E-state index contributed by atoms with van der Waals surface area (Å²) < 4.78 is 26.4. The monoisotopic (exact) mass is 427 g/mol. The molecule has 27 heavy (non-hydrogen) atoms. The van der Waals surface area contributed by atoms with Gasteiger partial charge < -0.3 is 10.2 Å². The predicted octanol–water partition coefficient (Wildman–Crippen LogP) is 3.51. The summed E-state index contributed by atoms with van der Waals surface area (Å²) in [4.78, 5) is 14.6. The summed E-state index contributed by atoms with van der Waals surface area (Å²) in [6.07, 6.45) is 1.19. The molecule has 3 rings (SSSR count). The second-order valence-corrected chi connectivity index (χ2v) is 10.7. The van der Waals surface area contributed by atoms with Gasteiger partial charge in [-0.2, -0.15) is 4.31 Å². The van der Waals surface area contributed by atoms with Crippen molar-refractivity contribution in [1.82, 2.24) is 4.31 Å². The molecule has 1 aromatic carbocycles. The van der Waals surface area contributed by atoms with Crippen LogP contribution in [0.5, 0.6) is 0 Å². The third-order valence-corrected chi connectivity index (χ3v) is 8.02. The maximum Gasteiger partial charge on any atom is 0.252 e. The van der Waals surface area contributed by atoms with Gasteiger partial charge in [0.1, 0.15) is 4.21 Å². The zero-order valence-corrected chi connectivity index (χ0v) is 17.6. The molecule has 1 amide bonds. The molecule has 0 radical (unpaired) electrons. The van der Waals surface area contributed by atoms with Crippen molar-refractivity contribution in [2.24, 2.45) is 5.92 Å². The van der Waals surface area contributed by atoms with Crippen LogP contribution >= 0.6 is 22.9 Å². The first kappa shape index (κ1) is 20.1. The van der Waals surface area contributed by atoms with E-state index in [4.69, 9.17) is 11.6 Å². The van der Waals surface area contributed by atoms with E-state index in [9.17, 15) is 13.2 Å². The van der Waals surface area contributed by atoms with Gasteiger partial charge in [0, 0.05) is 31.5 Å². The highest BCUT2D eigenvalue weighted by Crippen LogP contribution is 2.28. The van der Waals surface area contributed by atoms with Crippen LogP contribution in [0.25, 0.3) is 0 Å². The van der Waals surface area contributed by atoms with Gasteiger partial charge in [-0.3, -0.25) is 4.79 Å². The lowest BCUT2D eigenvalue weighted by molar-refractivity contribution is -0.116. The number of sulfonamides is 1. The van der Waals surface area contributed by atoms with Crippen LogP contribution < -0.4 is 10.2 Å². The molecule has 1 aromatic heterocycles. The first-order chi connectivity index (χ1) is 12.8. The molecule has 1 unspecified atom stereocenters. The van der Waals surface area contributed by atoms with E-state index < -0.39 is 15.9 Å². The molecule has 0 bridgehead atoms. The Balaban J connectivity index is 1.59. The van der Waals surface area contributed by atoms with E-state index in [2.05, 4.69) is 17.1 Å². The summed E-state index contributed by atoms with van der Waals surface area (Å²) in [5.41, 5.74) is 1.77. The molecule has 1 fully saturated rings. The Hall–Kier alpha value is -1.61. The van der Waals surface area contributed by atoms with Crippen LogP contribution in [0.3, 0.4) is 0 Å². The van der Waals surface area contributed by atoms with Crippen LogP contribution in [-0.2, 0) is 14.8 Å². The molecule has 6 nitrogen and oxygen atoms in total. The van der Waals surface area contributed by atoms with Gasteiger partial charge in [-0.05, 0) is 48.7 Å². The molecule has 2 aromatic rings. The number of benzene rings is 1. The number of hydrogen-bond donors (Lipinski definition) is 1. The van der Waals surface area contributed by atoms with Crippen molar-refractivity contribution in [3.8, 4) is 0 Å². The molecule has 9 heteroatoms. The van der Waals surface area contributed by atoms with Crippen molar-refractivity contribution in [3.05, 3.63) is 40.7 Å². The average Bonchev–Trinajstić information content (AvgIpc) is 3.24. The molecular weight excluding hydrogens is 406 g/mol. The number of carbonyl (C=O) groups is 1. The highest BCUT2D eigenvalue weighted by molar-refractivity contribution is 7.91. The topological polar surface area (TPSA) is 69.7 Å². The SMILES string of the molecule is CC1CCN(c2ccc(NC(=O)CN(C)S(=O)(=O)c3ccc(Cl)s3)cc2)C1. The Labute approximate surface area is 168 Å². The zero-order valence-electron chi connectivity index (χ0n) is 15.2. The number of rotatable bonds is 6. The minimum atomic E-state index is -3.73. The molecule has 0 spiro atoms. The van der Waals surface area contributed by atoms with Gasteiger partial charge in [0.05, 0.1) is 10.9 Å². The molecule has 0 saturated carbocycles. The molecule has 1 aliphatic rings. The number of halogens is 1. The quantitative estimate of drug-likeness (QED) is 0.765. The fourth-order valence-corrected chi connectivity index (χ4v) is 5.82. The van der Waals surface area contributed by atoms with E-state index in [1.807, 2.05) is 24.3 Å². The largest absolute Gasteiger partial charge is 0.371 e. The van der Waals surface area contributed by atoms with Crippen LogP contribution in [0.15, 0.2) is 40.6 Å². The van der Waals surface area contributed by atoms with E-state index in [1.165, 1.54) is 25.6 Å². The molecule has 0 aliphatic carbocycles. The standard InChI is InChI=1S/C18H22ClN3O3S2/c1-13-9-10-22(11-13)15-5-3-14(4-6-15)20-17(23)12-21(2)27(24,25)18-8-7-16(19)26-18/h3-8,13H,9-12H2,1-2H3,(H,20,23). The average molecular weight is 428 g/mol. The van der Waals surface area contributed by atoms with Crippen molar-refractivity contribution in [2.75, 3.05) is 36.9 Å². The number of thiophene rings is 1. The molecular formula is C18H22ClN3O3S2. The minimum Gasteiger partial charge on any atom is -0.371 e. The van der Waals surface area contributed by atoms with Crippen LogP contribution in [0.4, 0.5) is 11.4 Å². The van der Waals surface area contributed by atoms with E-state index in [1.54, 1.807) is 0 Å². The van der Waals surface area contributed by atoms with Crippen LogP contribution in [0.2, 0.25) is 4.34 Å². The van der Waals surface area contributed by atoms with Gasteiger partial charge in [0.2, 0.25) is 5.91 Å². The summed E-state index contributed by atoms with van der Waals surface area (Å²) in [7, 11) is -2.35. The molecule has 1 aliphatic heterocycles. The molecule has 2 heterocycles. The molecule has 1 N–H and O–H groups in total. The van der Waals surface area contributed by atoms with Gasteiger partial charge in [0.15, 0.2) is 0 Å². The van der Waals surface area contributed by atoms with Gasteiger partial charge in [-0.1, -0.05) is 18.5 Å². The van der Waals surface area contributed by atoms with Crippen LogP contribution in [0, 0.1) is 5.92 Å². The van der Waals surface area contributed by atoms with Gasteiger partial charge in [0.25, 0.3) is 10.0 Å². The van der Waals surface area contributed by atoms with Gasteiger partial charge in [-0.15, -0.1) is 11.3 Å². The maximum atomic E-state index is 12.4. The first-order valence-electron chi connectivity index (χ1n) is 8.62. The third-order valence-electron chi connectivity index (χ3n) is 4.52. The molecule has 1 saturated heterocycles. The molecule has 1 atom stereocenters. The summed E-state index contributed by atoms with van der Waals surface area (Å²) in [5, 5.41) is 2.74. The Bertz CT molecular complexity index is 912. The zero-order chi connectivity index (χ0) is 19.6. The van der Waals surface area contributed by atoms with Crippen molar-refractivity contribution >= 4 is 50.2 Å². The van der Waals surface area contributed by atoms with Gasteiger partial charge in [-0.25, -0.2) is 8.42 Å². The van der Waals surface area contributed by atoms with E-state index in [0.29, 0.717) is 15.9 Å². The fraction of sp³-hybridized carbons (Fsp3) is 0.389. The number of likely N-dealkylation sites (N-methyl/N-ethyl adjacent to an activating group) is 1. The number of hydrogen-bond acceptors (Lipinski definition) is 5. The highest BCUT2D eigenvalue weighted by atomic mass is 35.5. The van der Waals surface area contributed by atoms with Crippen molar-refractivity contribution in [1.29, 1.82) is 0 Å². The lowest BCUT2D eigenvalue weighted by atomic mass is 10.2. The van der Waals surface area contributed by atoms with E-state index in [-0.39, 0.29) is 10.8 Å². The second-order valence-electron chi connectivity index (χ2n) is 6.75. The number of nitrogens with zero attached hydrogens (tertiary/aromatic N) is 2. The lowest BCUT2D eigenvalue weighted by Gasteiger charge is -2.19. The van der Waals surface area contributed by atoms with E-state index in [0.717, 1.165) is 34.4 Å². The summed E-state index contributed by atoms with van der Waals surface area (Å²) in [5.74, 6) is 0.298. The van der Waals surface area contributed by atoms with Gasteiger partial charge >= 0.3 is 0 Å². The Morgan fingerprint density at radius 2 is 2.00 bits per heavy atom. The van der Waals surface area contributed by atoms with Crippen molar-refractivity contribution in [2.45, 2.75) is 17.6 Å².